The number of aliphatic carboxylic acids is 1. The number of hydrogen-bond acceptors (Lipinski definition) is 2. The first-order chi connectivity index (χ1) is 8.90. The number of nitrogens with one attached hydrogen (secondary N) is 1. The molecular weight excluding hydrogens is 312 g/mol. The number of carboxylic acids is 1. The molecule has 0 bridgehead atoms. The van der Waals surface area contributed by atoms with Gasteiger partial charge in [0.05, 0.1) is 0 Å². The van der Waals surface area contributed by atoms with Gasteiger partial charge in [0.1, 0.15) is 11.2 Å². The summed E-state index contributed by atoms with van der Waals surface area (Å²) in [6.45, 7) is 6.08. The van der Waals surface area contributed by atoms with Gasteiger partial charge >= 0.3 is 5.97 Å². The summed E-state index contributed by atoms with van der Waals surface area (Å²) < 4.78 is 2.57. The number of carbonyl (C=O) groups is 2. The predicted molar refractivity (Wildman–Crippen MR) is 76.2 cm³/mol. The zero-order chi connectivity index (χ0) is 14.6. The molecule has 19 heavy (non-hydrogen) atoms. The van der Waals surface area contributed by atoms with E-state index in [1.165, 1.54) is 0 Å². The van der Waals surface area contributed by atoms with E-state index in [1.54, 1.807) is 30.7 Å². The second kappa shape index (κ2) is 6.23. The number of aryl methyl sites for hydroxylation is 1. The highest BCUT2D eigenvalue weighted by atomic mass is 79.9. The zero-order valence-electron chi connectivity index (χ0n) is 11.4. The van der Waals surface area contributed by atoms with Crippen molar-refractivity contribution in [1.29, 1.82) is 0 Å². The Hall–Kier alpha value is -1.30. The second-order valence-corrected chi connectivity index (χ2v) is 5.29. The van der Waals surface area contributed by atoms with Crippen LogP contribution in [0.5, 0.6) is 0 Å². The van der Waals surface area contributed by atoms with Crippen molar-refractivity contribution in [3.05, 3.63) is 22.4 Å². The number of rotatable bonds is 6. The van der Waals surface area contributed by atoms with Gasteiger partial charge in [0.15, 0.2) is 0 Å². The van der Waals surface area contributed by atoms with Crippen LogP contribution >= 0.6 is 15.9 Å². The normalized spacial score (nSPS) is 11.4. The molecule has 1 amide bonds. The SMILES string of the molecule is CCn1cc(Br)cc1C(=O)NC(CC)(CC)C(=O)O. The molecule has 0 unspecified atom stereocenters. The molecular formula is C13H19BrN2O3. The Labute approximate surface area is 121 Å². The summed E-state index contributed by atoms with van der Waals surface area (Å²) in [5, 5.41) is 12.0. The van der Waals surface area contributed by atoms with Gasteiger partial charge in [0, 0.05) is 17.2 Å². The lowest BCUT2D eigenvalue weighted by Crippen LogP contribution is -2.54. The average molecular weight is 331 g/mol. The summed E-state index contributed by atoms with van der Waals surface area (Å²) in [6.07, 6.45) is 2.49. The van der Waals surface area contributed by atoms with Crippen molar-refractivity contribution in [2.75, 3.05) is 0 Å². The first-order valence-corrected chi connectivity index (χ1v) is 7.11. The summed E-state index contributed by atoms with van der Waals surface area (Å²) in [6, 6.07) is 1.69. The average Bonchev–Trinajstić information content (AvgIpc) is 2.76. The maximum Gasteiger partial charge on any atom is 0.329 e. The van der Waals surface area contributed by atoms with E-state index in [0.29, 0.717) is 25.1 Å². The van der Waals surface area contributed by atoms with E-state index in [9.17, 15) is 14.7 Å². The molecule has 1 aromatic heterocycles. The van der Waals surface area contributed by atoms with Gasteiger partial charge in [0.25, 0.3) is 5.91 Å². The third-order valence-corrected chi connectivity index (χ3v) is 3.84. The molecule has 0 aliphatic heterocycles. The molecule has 0 radical (unpaired) electrons. The number of hydrogen-bond donors (Lipinski definition) is 2. The maximum atomic E-state index is 12.3. The quantitative estimate of drug-likeness (QED) is 0.842. The fraction of sp³-hybridized carbons (Fsp3) is 0.538. The fourth-order valence-corrected chi connectivity index (χ4v) is 2.45. The molecule has 5 nitrogen and oxygen atoms in total. The highest BCUT2D eigenvalue weighted by Gasteiger charge is 2.37. The predicted octanol–water partition coefficient (Wildman–Crippen LogP) is 2.64. The van der Waals surface area contributed by atoms with E-state index >= 15 is 0 Å². The minimum absolute atomic E-state index is 0.346. The topological polar surface area (TPSA) is 71.3 Å². The van der Waals surface area contributed by atoms with E-state index in [-0.39, 0.29) is 5.91 Å². The number of halogens is 1. The molecule has 0 saturated heterocycles. The molecule has 1 rings (SSSR count). The Morgan fingerprint density at radius 1 is 1.37 bits per heavy atom. The summed E-state index contributed by atoms with van der Waals surface area (Å²) in [5.41, 5.74) is -0.742. The number of nitrogens with zero attached hydrogens (tertiary/aromatic N) is 1. The molecule has 2 N–H and O–H groups in total. The minimum Gasteiger partial charge on any atom is -0.480 e. The minimum atomic E-state index is -1.20. The standard InChI is InChI=1S/C13H19BrN2O3/c1-4-13(5-2,12(18)19)15-11(17)10-7-9(14)8-16(10)6-3/h7-8H,4-6H2,1-3H3,(H,15,17)(H,18,19). The molecule has 0 aliphatic rings. The second-order valence-electron chi connectivity index (χ2n) is 4.38. The Morgan fingerprint density at radius 3 is 2.37 bits per heavy atom. The molecule has 0 atom stereocenters. The highest BCUT2D eigenvalue weighted by molar-refractivity contribution is 9.10. The molecule has 0 aliphatic carbocycles. The van der Waals surface area contributed by atoms with Crippen molar-refractivity contribution in [2.24, 2.45) is 0 Å². The van der Waals surface area contributed by atoms with Crippen LogP contribution in [0.3, 0.4) is 0 Å². The monoisotopic (exact) mass is 330 g/mol. The van der Waals surface area contributed by atoms with Crippen LogP contribution < -0.4 is 5.32 Å². The molecule has 106 valence electrons. The van der Waals surface area contributed by atoms with Crippen LogP contribution in [0.15, 0.2) is 16.7 Å². The van der Waals surface area contributed by atoms with Gasteiger partial charge in [-0.05, 0) is 41.8 Å². The summed E-state index contributed by atoms with van der Waals surface area (Å²) in [5.74, 6) is -1.36. The lowest BCUT2D eigenvalue weighted by molar-refractivity contribution is -0.144. The van der Waals surface area contributed by atoms with Crippen molar-refractivity contribution in [2.45, 2.75) is 45.7 Å². The van der Waals surface area contributed by atoms with Gasteiger partial charge < -0.3 is 15.0 Å². The van der Waals surface area contributed by atoms with Crippen LogP contribution in [-0.4, -0.2) is 27.1 Å². The lowest BCUT2D eigenvalue weighted by atomic mass is 9.93. The Bertz CT molecular complexity index is 478. The highest BCUT2D eigenvalue weighted by Crippen LogP contribution is 2.19. The summed E-state index contributed by atoms with van der Waals surface area (Å²) >= 11 is 3.32. The third kappa shape index (κ3) is 3.18. The van der Waals surface area contributed by atoms with Crippen LogP contribution in [0.25, 0.3) is 0 Å². The van der Waals surface area contributed by atoms with Crippen molar-refractivity contribution in [3.8, 4) is 0 Å². The van der Waals surface area contributed by atoms with Crippen molar-refractivity contribution in [3.63, 3.8) is 0 Å². The first kappa shape index (κ1) is 15.8. The van der Waals surface area contributed by atoms with Gasteiger partial charge in [0.2, 0.25) is 0 Å². The molecule has 1 heterocycles. The fourth-order valence-electron chi connectivity index (χ4n) is 1.99. The lowest BCUT2D eigenvalue weighted by Gasteiger charge is -2.28. The summed E-state index contributed by atoms with van der Waals surface area (Å²) in [7, 11) is 0. The number of carboxylic acid groups (broad SMARTS) is 1. The van der Waals surface area contributed by atoms with Crippen molar-refractivity contribution in [1.82, 2.24) is 9.88 Å². The smallest absolute Gasteiger partial charge is 0.329 e. The van der Waals surface area contributed by atoms with Crippen LogP contribution in [0.1, 0.15) is 44.1 Å². The van der Waals surface area contributed by atoms with Gasteiger partial charge in [-0.3, -0.25) is 4.79 Å². The molecule has 0 fully saturated rings. The molecule has 0 saturated carbocycles. The van der Waals surface area contributed by atoms with Crippen LogP contribution in [0, 0.1) is 0 Å². The number of carbonyl (C=O) groups excluding carboxylic acids is 1. The zero-order valence-corrected chi connectivity index (χ0v) is 13.0. The van der Waals surface area contributed by atoms with E-state index < -0.39 is 11.5 Å². The largest absolute Gasteiger partial charge is 0.480 e. The van der Waals surface area contributed by atoms with Crippen molar-refractivity contribution < 1.29 is 14.7 Å². The molecule has 1 aromatic rings. The third-order valence-electron chi connectivity index (χ3n) is 3.41. The van der Waals surface area contributed by atoms with Crippen molar-refractivity contribution >= 4 is 27.8 Å². The van der Waals surface area contributed by atoms with E-state index in [2.05, 4.69) is 21.2 Å². The Kier molecular flexibility index (Phi) is 5.17. The Morgan fingerprint density at radius 2 is 1.95 bits per heavy atom. The van der Waals surface area contributed by atoms with E-state index in [1.807, 2.05) is 6.92 Å². The van der Waals surface area contributed by atoms with Crippen LogP contribution in [0.4, 0.5) is 0 Å². The molecule has 6 heteroatoms. The maximum absolute atomic E-state index is 12.3. The first-order valence-electron chi connectivity index (χ1n) is 6.31. The van der Waals surface area contributed by atoms with Gasteiger partial charge in [-0.1, -0.05) is 13.8 Å². The van der Waals surface area contributed by atoms with E-state index in [0.717, 1.165) is 4.47 Å². The van der Waals surface area contributed by atoms with Crippen LogP contribution in [-0.2, 0) is 11.3 Å². The Balaban J connectivity index is 3.03. The molecule has 0 aromatic carbocycles. The summed E-state index contributed by atoms with van der Waals surface area (Å²) in [4.78, 5) is 23.6. The van der Waals surface area contributed by atoms with E-state index in [4.69, 9.17) is 0 Å². The van der Waals surface area contributed by atoms with Gasteiger partial charge in [-0.2, -0.15) is 0 Å². The molecule has 0 spiro atoms. The number of amides is 1. The van der Waals surface area contributed by atoms with Gasteiger partial charge in [-0.25, -0.2) is 4.79 Å². The van der Waals surface area contributed by atoms with Gasteiger partial charge in [-0.15, -0.1) is 0 Å². The number of aromatic nitrogens is 1. The van der Waals surface area contributed by atoms with Crippen LogP contribution in [0.2, 0.25) is 0 Å².